The first kappa shape index (κ1) is 22.6. The van der Waals surface area contributed by atoms with E-state index < -0.39 is 0 Å². The molecule has 0 bridgehead atoms. The van der Waals surface area contributed by atoms with E-state index in [2.05, 4.69) is 66.0 Å². The molecule has 5 aromatic heterocycles. The Morgan fingerprint density at radius 2 is 1.97 bits per heavy atom. The summed E-state index contributed by atoms with van der Waals surface area (Å²) in [6.07, 6.45) is 7.96. The van der Waals surface area contributed by atoms with Crippen LogP contribution in [-0.2, 0) is 6.54 Å². The zero-order valence-electron chi connectivity index (χ0n) is 21.1. The number of nitrogens with zero attached hydrogens (tertiary/aromatic N) is 6. The van der Waals surface area contributed by atoms with Gasteiger partial charge in [-0.1, -0.05) is 18.2 Å². The van der Waals surface area contributed by atoms with Gasteiger partial charge in [-0.3, -0.25) is 10.00 Å². The number of benzene rings is 2. The van der Waals surface area contributed by atoms with Gasteiger partial charge < -0.3 is 8.82 Å². The van der Waals surface area contributed by atoms with Gasteiger partial charge in [0.25, 0.3) is 0 Å². The Hall–Kier alpha value is -4.34. The van der Waals surface area contributed by atoms with Crippen LogP contribution in [0.4, 0.5) is 0 Å². The fraction of sp³-hybridized carbons (Fsp3) is 0.200. The van der Waals surface area contributed by atoms with E-state index in [-0.39, 0.29) is 5.92 Å². The van der Waals surface area contributed by atoms with Crippen molar-refractivity contribution >= 4 is 38.0 Å². The number of imidazole rings is 1. The summed E-state index contributed by atoms with van der Waals surface area (Å²) in [5.74, 6) is 1.51. The van der Waals surface area contributed by atoms with Gasteiger partial charge in [0.05, 0.1) is 11.4 Å². The van der Waals surface area contributed by atoms with Crippen molar-refractivity contribution in [1.82, 2.24) is 34.7 Å². The molecule has 8 nitrogen and oxygen atoms in total. The Kier molecular flexibility index (Phi) is 5.31. The van der Waals surface area contributed by atoms with Crippen LogP contribution in [0.1, 0.15) is 30.2 Å². The topological polar surface area (TPSA) is 88.1 Å². The molecule has 0 unspecified atom stereocenters. The van der Waals surface area contributed by atoms with E-state index in [9.17, 15) is 0 Å². The Morgan fingerprint density at radius 1 is 1.03 bits per heavy atom. The van der Waals surface area contributed by atoms with Gasteiger partial charge in [-0.25, -0.2) is 4.98 Å². The highest BCUT2D eigenvalue weighted by molar-refractivity contribution is 7.17. The number of likely N-dealkylation sites (tertiary alicyclic amines) is 1. The predicted molar refractivity (Wildman–Crippen MR) is 153 cm³/mol. The van der Waals surface area contributed by atoms with Crippen LogP contribution in [-0.4, -0.2) is 47.8 Å². The molecule has 0 saturated carbocycles. The largest absolute Gasteiger partial charge is 0.420 e. The Balaban J connectivity index is 1.05. The highest BCUT2D eigenvalue weighted by Gasteiger charge is 2.27. The van der Waals surface area contributed by atoms with Crippen LogP contribution in [0.2, 0.25) is 0 Å². The minimum atomic E-state index is 0.236. The summed E-state index contributed by atoms with van der Waals surface area (Å²) in [5, 5.41) is 21.4. The van der Waals surface area contributed by atoms with Gasteiger partial charge in [0.2, 0.25) is 11.8 Å². The number of fused-ring (bicyclic) bond motifs is 3. The van der Waals surface area contributed by atoms with E-state index in [1.807, 2.05) is 52.4 Å². The molecular weight excluding hydrogens is 506 g/mol. The number of H-pyrrole nitrogens is 1. The highest BCUT2D eigenvalue weighted by Crippen LogP contribution is 2.34. The van der Waals surface area contributed by atoms with Crippen molar-refractivity contribution in [2.24, 2.45) is 0 Å². The number of hydrogen-bond donors (Lipinski definition) is 1. The molecule has 1 saturated heterocycles. The third-order valence-corrected chi connectivity index (χ3v) is 8.73. The number of nitrogens with one attached hydrogen (secondary N) is 1. The van der Waals surface area contributed by atoms with E-state index >= 15 is 0 Å². The molecule has 0 spiro atoms. The van der Waals surface area contributed by atoms with Crippen LogP contribution >= 0.6 is 11.3 Å². The highest BCUT2D eigenvalue weighted by atomic mass is 32.1. The van der Waals surface area contributed by atoms with Crippen molar-refractivity contribution in [2.75, 3.05) is 13.1 Å². The number of rotatable bonds is 5. The number of aromatic nitrogens is 6. The lowest BCUT2D eigenvalue weighted by Gasteiger charge is -2.30. The quantitative estimate of drug-likeness (QED) is 0.272. The van der Waals surface area contributed by atoms with Crippen molar-refractivity contribution in [1.29, 1.82) is 0 Å². The Labute approximate surface area is 227 Å². The summed E-state index contributed by atoms with van der Waals surface area (Å²) in [5.41, 5.74) is 6.05. The lowest BCUT2D eigenvalue weighted by molar-refractivity contribution is 0.187. The van der Waals surface area contributed by atoms with Gasteiger partial charge >= 0.3 is 0 Å². The molecule has 2 aromatic carbocycles. The summed E-state index contributed by atoms with van der Waals surface area (Å²) in [6, 6.07) is 18.8. The lowest BCUT2D eigenvalue weighted by Crippen LogP contribution is -2.33. The van der Waals surface area contributed by atoms with Gasteiger partial charge in [-0.2, -0.15) is 5.10 Å². The summed E-state index contributed by atoms with van der Waals surface area (Å²) in [6.45, 7) is 2.96. The van der Waals surface area contributed by atoms with Crippen molar-refractivity contribution < 1.29 is 4.42 Å². The van der Waals surface area contributed by atoms with Crippen molar-refractivity contribution in [2.45, 2.75) is 25.3 Å². The summed E-state index contributed by atoms with van der Waals surface area (Å²) < 4.78 is 9.64. The van der Waals surface area contributed by atoms with Crippen LogP contribution in [0.3, 0.4) is 0 Å². The SMILES string of the molecule is c1ccc2c(CN3CCC[C@@H](c4nnc(-c5ccc6[nH]nc(-c7ccc8nccn8c7)c6c5)o4)C3)csc2c1. The maximum Gasteiger partial charge on any atom is 0.247 e. The smallest absolute Gasteiger partial charge is 0.247 e. The zero-order valence-corrected chi connectivity index (χ0v) is 21.9. The molecule has 1 fully saturated rings. The van der Waals surface area contributed by atoms with Crippen molar-refractivity contribution in [3.8, 4) is 22.7 Å². The molecule has 1 aliphatic rings. The third kappa shape index (κ3) is 4.02. The average Bonchev–Trinajstić information content (AvgIpc) is 3.79. The number of thiophene rings is 1. The molecule has 6 heterocycles. The summed E-state index contributed by atoms with van der Waals surface area (Å²) >= 11 is 1.82. The van der Waals surface area contributed by atoms with E-state index in [1.54, 1.807) is 6.20 Å². The normalized spacial score (nSPS) is 16.6. The molecular formula is C30H25N7OS. The zero-order chi connectivity index (χ0) is 25.8. The average molecular weight is 532 g/mol. The first-order chi connectivity index (χ1) is 19.3. The minimum Gasteiger partial charge on any atom is -0.420 e. The molecule has 8 rings (SSSR count). The maximum atomic E-state index is 6.29. The molecule has 1 atom stereocenters. The number of aromatic amines is 1. The van der Waals surface area contributed by atoms with E-state index in [4.69, 9.17) is 4.42 Å². The molecule has 1 N–H and O–H groups in total. The number of pyridine rings is 1. The molecule has 39 heavy (non-hydrogen) atoms. The standard InChI is InChI=1S/C30H25N7OS/c1-2-6-26-23(5-1)22(18-39-26)16-36-12-3-4-21(15-36)30-35-34-29(38-30)19-7-9-25-24(14-19)28(33-32-25)20-8-10-27-31-11-13-37(27)17-20/h1-2,5-11,13-14,17-18,21H,3-4,12,15-16H2,(H,32,33)/t21-/m1/s1. The Morgan fingerprint density at radius 3 is 2.97 bits per heavy atom. The van der Waals surface area contributed by atoms with E-state index in [0.717, 1.165) is 71.7 Å². The molecule has 9 heteroatoms. The lowest BCUT2D eigenvalue weighted by atomic mass is 9.97. The molecule has 0 radical (unpaired) electrons. The summed E-state index contributed by atoms with van der Waals surface area (Å²) in [7, 11) is 0. The van der Waals surface area contributed by atoms with E-state index in [1.165, 1.54) is 15.6 Å². The Bertz CT molecular complexity index is 1950. The molecule has 1 aliphatic heterocycles. The fourth-order valence-corrected chi connectivity index (χ4v) is 6.69. The fourth-order valence-electron chi connectivity index (χ4n) is 5.74. The molecule has 0 aliphatic carbocycles. The van der Waals surface area contributed by atoms with Crippen molar-refractivity contribution in [3.05, 3.63) is 90.0 Å². The molecule has 7 aromatic rings. The van der Waals surface area contributed by atoms with Gasteiger partial charge in [0, 0.05) is 52.9 Å². The first-order valence-electron chi connectivity index (χ1n) is 13.2. The monoisotopic (exact) mass is 531 g/mol. The van der Waals surface area contributed by atoms with E-state index in [0.29, 0.717) is 5.89 Å². The molecule has 0 amide bonds. The minimum absolute atomic E-state index is 0.236. The van der Waals surface area contributed by atoms with Crippen LogP contribution in [0.25, 0.3) is 49.3 Å². The second kappa shape index (κ2) is 9.14. The second-order valence-corrected chi connectivity index (χ2v) is 11.1. The third-order valence-electron chi connectivity index (χ3n) is 7.72. The van der Waals surface area contributed by atoms with Gasteiger partial charge in [-0.15, -0.1) is 21.5 Å². The second-order valence-electron chi connectivity index (χ2n) is 10.2. The van der Waals surface area contributed by atoms with Crippen LogP contribution in [0.15, 0.2) is 83.0 Å². The van der Waals surface area contributed by atoms with Gasteiger partial charge in [0.1, 0.15) is 11.3 Å². The first-order valence-corrected chi connectivity index (χ1v) is 14.1. The maximum absolute atomic E-state index is 6.29. The van der Waals surface area contributed by atoms with Crippen LogP contribution < -0.4 is 0 Å². The predicted octanol–water partition coefficient (Wildman–Crippen LogP) is 6.52. The van der Waals surface area contributed by atoms with Gasteiger partial charge in [0.15, 0.2) is 0 Å². The van der Waals surface area contributed by atoms with Crippen molar-refractivity contribution in [3.63, 3.8) is 0 Å². The number of hydrogen-bond acceptors (Lipinski definition) is 7. The summed E-state index contributed by atoms with van der Waals surface area (Å²) in [4.78, 5) is 6.86. The van der Waals surface area contributed by atoms with Gasteiger partial charge in [-0.05, 0) is 72.1 Å². The number of piperidine rings is 1. The van der Waals surface area contributed by atoms with Crippen LogP contribution in [0, 0.1) is 0 Å². The van der Waals surface area contributed by atoms with Crippen LogP contribution in [0.5, 0.6) is 0 Å². The molecule has 192 valence electrons.